The number of amides is 1. The van der Waals surface area contributed by atoms with Crippen LogP contribution in [0.1, 0.15) is 56.8 Å². The zero-order chi connectivity index (χ0) is 27.0. The summed E-state index contributed by atoms with van der Waals surface area (Å²) in [7, 11) is 0. The van der Waals surface area contributed by atoms with E-state index in [9.17, 15) is 13.6 Å². The molecule has 1 fully saturated rings. The lowest BCUT2D eigenvalue weighted by Gasteiger charge is -2.37. The molecule has 5 rings (SSSR count). The number of pyridine rings is 1. The molecule has 1 aliphatic rings. The van der Waals surface area contributed by atoms with E-state index in [4.69, 9.17) is 4.74 Å². The summed E-state index contributed by atoms with van der Waals surface area (Å²) in [6.07, 6.45) is 5.09. The van der Waals surface area contributed by atoms with Crippen LogP contribution in [0.15, 0.2) is 55.5 Å². The van der Waals surface area contributed by atoms with Gasteiger partial charge < -0.3 is 9.64 Å². The molecule has 4 aromatic rings. The van der Waals surface area contributed by atoms with Crippen molar-refractivity contribution < 1.29 is 18.3 Å². The molecular formula is C27H29F2N7O2. The van der Waals surface area contributed by atoms with Gasteiger partial charge in [-0.05, 0) is 64.0 Å². The van der Waals surface area contributed by atoms with Crippen LogP contribution in [0.5, 0.6) is 5.75 Å². The van der Waals surface area contributed by atoms with Gasteiger partial charge in [0.25, 0.3) is 0 Å². The number of fused-ring (bicyclic) bond motifs is 1. The Morgan fingerprint density at radius 2 is 2.08 bits per heavy atom. The molecule has 1 aromatic carbocycles. The molecule has 38 heavy (non-hydrogen) atoms. The fourth-order valence-corrected chi connectivity index (χ4v) is 5.14. The molecule has 11 heteroatoms. The Morgan fingerprint density at radius 3 is 2.76 bits per heavy atom. The highest BCUT2D eigenvalue weighted by Crippen LogP contribution is 2.37. The third kappa shape index (κ3) is 4.64. The number of likely N-dealkylation sites (tertiary alicyclic amines) is 1. The molecule has 0 radical (unpaired) electrons. The number of rotatable bonds is 7. The standard InChI is InChI=1S/C27H29F2N7O2/c1-5-24(37)34-11-9-20(12-16(34)2)36-17(3)25(32-33-36)19-13-22-26(35(15-31-22)27(28)29)23(14-19)38-18(4)21-8-6-7-10-30-21/h5-8,10,13-16,18,20,27H,1,9,11-12H2,2-4H3/t16-,18-,20+/m1/s1. The fraction of sp³-hybridized carbons (Fsp3) is 0.370. The number of hydrogen-bond donors (Lipinski definition) is 0. The lowest BCUT2D eigenvalue weighted by molar-refractivity contribution is -0.129. The molecule has 3 atom stereocenters. The lowest BCUT2D eigenvalue weighted by atomic mass is 9.97. The van der Waals surface area contributed by atoms with Gasteiger partial charge in [-0.15, -0.1) is 5.10 Å². The number of imidazole rings is 1. The van der Waals surface area contributed by atoms with Gasteiger partial charge in [-0.2, -0.15) is 8.78 Å². The third-order valence-electron chi connectivity index (χ3n) is 7.11. The maximum Gasteiger partial charge on any atom is 0.320 e. The van der Waals surface area contributed by atoms with E-state index in [0.29, 0.717) is 29.0 Å². The number of alkyl halides is 2. The average molecular weight is 522 g/mol. The minimum atomic E-state index is -2.78. The maximum absolute atomic E-state index is 13.8. The van der Waals surface area contributed by atoms with Crippen molar-refractivity contribution in [1.29, 1.82) is 0 Å². The zero-order valence-corrected chi connectivity index (χ0v) is 21.5. The number of halogens is 2. The van der Waals surface area contributed by atoms with E-state index in [1.807, 2.05) is 42.5 Å². The Bertz CT molecular complexity index is 1470. The van der Waals surface area contributed by atoms with Crippen LogP contribution in [-0.2, 0) is 4.79 Å². The van der Waals surface area contributed by atoms with Crippen LogP contribution in [-0.4, -0.2) is 52.9 Å². The number of carbonyl (C=O) groups excluding carboxylic acids is 1. The number of piperidine rings is 1. The summed E-state index contributed by atoms with van der Waals surface area (Å²) in [5, 5.41) is 8.89. The van der Waals surface area contributed by atoms with E-state index in [-0.39, 0.29) is 29.3 Å². The molecule has 198 valence electrons. The molecular weight excluding hydrogens is 492 g/mol. The Balaban J connectivity index is 1.50. The van der Waals surface area contributed by atoms with Gasteiger partial charge in [-0.1, -0.05) is 17.9 Å². The molecule has 1 aliphatic heterocycles. The number of ether oxygens (including phenoxy) is 1. The molecule has 9 nitrogen and oxygen atoms in total. The van der Waals surface area contributed by atoms with Crippen molar-refractivity contribution >= 4 is 16.9 Å². The van der Waals surface area contributed by atoms with Crippen LogP contribution in [0.3, 0.4) is 0 Å². The van der Waals surface area contributed by atoms with Gasteiger partial charge in [0.05, 0.1) is 22.9 Å². The first-order chi connectivity index (χ1) is 18.3. The van der Waals surface area contributed by atoms with Gasteiger partial charge in [0.1, 0.15) is 29.4 Å². The average Bonchev–Trinajstić information content (AvgIpc) is 3.52. The van der Waals surface area contributed by atoms with Gasteiger partial charge in [-0.25, -0.2) is 9.67 Å². The van der Waals surface area contributed by atoms with Gasteiger partial charge >= 0.3 is 6.55 Å². The maximum atomic E-state index is 13.8. The van der Waals surface area contributed by atoms with Crippen molar-refractivity contribution in [3.8, 4) is 17.0 Å². The molecule has 0 spiro atoms. The Hall–Kier alpha value is -4.15. The summed E-state index contributed by atoms with van der Waals surface area (Å²) in [5.41, 5.74) is 3.35. The number of nitrogens with zero attached hydrogens (tertiary/aromatic N) is 7. The van der Waals surface area contributed by atoms with Gasteiger partial charge in [0, 0.05) is 24.3 Å². The number of benzene rings is 1. The molecule has 0 N–H and O–H groups in total. The largest absolute Gasteiger partial charge is 0.482 e. The fourth-order valence-electron chi connectivity index (χ4n) is 5.14. The van der Waals surface area contributed by atoms with E-state index >= 15 is 0 Å². The summed E-state index contributed by atoms with van der Waals surface area (Å²) in [5.74, 6) is 0.184. The van der Waals surface area contributed by atoms with Crippen LogP contribution < -0.4 is 4.74 Å². The molecule has 0 saturated carbocycles. The molecule has 0 aliphatic carbocycles. The predicted octanol–water partition coefficient (Wildman–Crippen LogP) is 5.27. The summed E-state index contributed by atoms with van der Waals surface area (Å²) in [6, 6.07) is 9.00. The van der Waals surface area contributed by atoms with E-state index in [2.05, 4.69) is 26.9 Å². The van der Waals surface area contributed by atoms with E-state index in [0.717, 1.165) is 29.4 Å². The van der Waals surface area contributed by atoms with Crippen molar-refractivity contribution in [2.24, 2.45) is 0 Å². The highest BCUT2D eigenvalue weighted by atomic mass is 19.3. The van der Waals surface area contributed by atoms with Crippen LogP contribution in [0.4, 0.5) is 8.78 Å². The summed E-state index contributed by atoms with van der Waals surface area (Å²) in [4.78, 5) is 22.5. The summed E-state index contributed by atoms with van der Waals surface area (Å²) >= 11 is 0. The predicted molar refractivity (Wildman–Crippen MR) is 138 cm³/mol. The van der Waals surface area contributed by atoms with Gasteiger partial charge in [0.2, 0.25) is 5.91 Å². The van der Waals surface area contributed by atoms with E-state index in [1.165, 1.54) is 6.08 Å². The number of carbonyl (C=O) groups is 1. The van der Waals surface area contributed by atoms with E-state index < -0.39 is 12.7 Å². The third-order valence-corrected chi connectivity index (χ3v) is 7.11. The highest BCUT2D eigenvalue weighted by molar-refractivity contribution is 5.88. The molecule has 1 amide bonds. The SMILES string of the molecule is C=CC(=O)N1CC[C@H](n2nnc(-c3cc(O[C@H](C)c4ccccn4)c4c(c3)ncn4C(F)F)c2C)C[C@H]1C. The monoisotopic (exact) mass is 521 g/mol. The molecule has 3 aromatic heterocycles. The zero-order valence-electron chi connectivity index (χ0n) is 21.5. The number of aromatic nitrogens is 6. The van der Waals surface area contributed by atoms with Crippen LogP contribution in [0, 0.1) is 6.92 Å². The van der Waals surface area contributed by atoms with Crippen molar-refractivity contribution in [3.05, 3.63) is 66.9 Å². The quantitative estimate of drug-likeness (QED) is 0.308. The van der Waals surface area contributed by atoms with Crippen molar-refractivity contribution in [2.75, 3.05) is 6.54 Å². The Kier molecular flexibility index (Phi) is 6.92. The van der Waals surface area contributed by atoms with Gasteiger partial charge in [-0.3, -0.25) is 14.3 Å². The minimum Gasteiger partial charge on any atom is -0.482 e. The topological polar surface area (TPSA) is 91.0 Å². The van der Waals surface area contributed by atoms with Crippen LogP contribution in [0.25, 0.3) is 22.3 Å². The van der Waals surface area contributed by atoms with Crippen LogP contribution >= 0.6 is 0 Å². The van der Waals surface area contributed by atoms with E-state index in [1.54, 1.807) is 24.4 Å². The number of hydrogen-bond acceptors (Lipinski definition) is 6. The molecule has 4 heterocycles. The first-order valence-corrected chi connectivity index (χ1v) is 12.5. The smallest absolute Gasteiger partial charge is 0.320 e. The second kappa shape index (κ2) is 10.3. The van der Waals surface area contributed by atoms with Crippen LogP contribution in [0.2, 0.25) is 0 Å². The lowest BCUT2D eigenvalue weighted by Crippen LogP contribution is -2.44. The Morgan fingerprint density at radius 1 is 1.26 bits per heavy atom. The van der Waals surface area contributed by atoms with Crippen molar-refractivity contribution in [3.63, 3.8) is 0 Å². The minimum absolute atomic E-state index is 0.0362. The summed E-state index contributed by atoms with van der Waals surface area (Å²) in [6.45, 7) is 7.18. The summed E-state index contributed by atoms with van der Waals surface area (Å²) < 4.78 is 36.5. The van der Waals surface area contributed by atoms with Crippen molar-refractivity contribution in [1.82, 2.24) is 34.4 Å². The normalized spacial score (nSPS) is 18.6. The highest BCUT2D eigenvalue weighted by Gasteiger charge is 2.31. The van der Waals surface area contributed by atoms with Gasteiger partial charge in [0.15, 0.2) is 0 Å². The Labute approximate surface area is 218 Å². The molecule has 0 unspecified atom stereocenters. The first kappa shape index (κ1) is 25.5. The van der Waals surface area contributed by atoms with Crippen molar-refractivity contribution in [2.45, 2.75) is 58.3 Å². The second-order valence-corrected chi connectivity index (χ2v) is 9.52. The molecule has 1 saturated heterocycles. The first-order valence-electron chi connectivity index (χ1n) is 12.5. The molecule has 0 bridgehead atoms. The second-order valence-electron chi connectivity index (χ2n) is 9.52.